The molecule has 3 heteroatoms. The fourth-order valence-electron chi connectivity index (χ4n) is 1.29. The normalized spacial score (nSPS) is 10.3. The Balaban J connectivity index is 2.54. The maximum Gasteiger partial charge on any atom is 0.132 e. The highest BCUT2D eigenvalue weighted by Crippen LogP contribution is 2.30. The number of ether oxygens (including phenoxy) is 1. The quantitative estimate of drug-likeness (QED) is 0.597. The van der Waals surface area contributed by atoms with Gasteiger partial charge in [-0.05, 0) is 43.2 Å². The summed E-state index contributed by atoms with van der Waals surface area (Å²) in [5.41, 5.74) is 1.25. The number of unbranched alkanes of at least 4 members (excludes halogenated alkanes) is 1. The Morgan fingerprint density at radius 1 is 1.33 bits per heavy atom. The molecule has 1 aromatic rings. The number of aliphatic hydroxyl groups excluding tert-OH is 1. The molecule has 0 saturated heterocycles. The number of methoxy groups -OCH3 is 1. The Hall–Kier alpha value is -0.670. The van der Waals surface area contributed by atoms with E-state index in [1.54, 1.807) is 18.9 Å². The van der Waals surface area contributed by atoms with Crippen molar-refractivity contribution in [3.8, 4) is 5.75 Å². The summed E-state index contributed by atoms with van der Waals surface area (Å²) < 4.78 is 5.29. The molecule has 1 rings (SSSR count). The van der Waals surface area contributed by atoms with Gasteiger partial charge in [0.1, 0.15) is 5.75 Å². The zero-order valence-electron chi connectivity index (χ0n) is 9.32. The molecule has 0 saturated carbocycles. The Morgan fingerprint density at radius 3 is 2.80 bits per heavy atom. The number of aliphatic hydroxyl groups is 1. The van der Waals surface area contributed by atoms with E-state index in [1.807, 2.05) is 6.07 Å². The van der Waals surface area contributed by atoms with E-state index in [4.69, 9.17) is 9.84 Å². The van der Waals surface area contributed by atoms with Crippen LogP contribution in [0.5, 0.6) is 5.75 Å². The first-order valence-corrected chi connectivity index (χ1v) is 6.15. The van der Waals surface area contributed by atoms with E-state index in [-0.39, 0.29) is 6.61 Å². The van der Waals surface area contributed by atoms with Crippen molar-refractivity contribution in [1.29, 1.82) is 0 Å². The Labute approximate surface area is 95.7 Å². The van der Waals surface area contributed by atoms with Gasteiger partial charge in [-0.2, -0.15) is 0 Å². The second-order valence-corrected chi connectivity index (χ2v) is 4.57. The molecule has 0 atom stereocenters. The predicted molar refractivity (Wildman–Crippen MR) is 64.8 cm³/mol. The largest absolute Gasteiger partial charge is 0.496 e. The van der Waals surface area contributed by atoms with Gasteiger partial charge in [-0.15, -0.1) is 11.8 Å². The summed E-state index contributed by atoms with van der Waals surface area (Å²) in [5.74, 6) is 1.97. The molecule has 15 heavy (non-hydrogen) atoms. The first-order chi connectivity index (χ1) is 7.27. The molecule has 84 valence electrons. The van der Waals surface area contributed by atoms with Crippen molar-refractivity contribution in [1.82, 2.24) is 0 Å². The second kappa shape index (κ2) is 6.75. The zero-order valence-corrected chi connectivity index (χ0v) is 10.1. The summed E-state index contributed by atoms with van der Waals surface area (Å²) in [5, 5.41) is 8.67. The minimum absolute atomic E-state index is 0.283. The minimum Gasteiger partial charge on any atom is -0.496 e. The molecule has 0 heterocycles. The standard InChI is InChI=1S/C12H18O2S/c1-10-5-6-11(14-2)12(9-10)15-8-4-3-7-13/h5-6,9,13H,3-4,7-8H2,1-2H3. The summed E-state index contributed by atoms with van der Waals surface area (Å²) in [7, 11) is 1.70. The third-order valence-corrected chi connectivity index (χ3v) is 3.25. The van der Waals surface area contributed by atoms with Gasteiger partial charge in [0.25, 0.3) is 0 Å². The van der Waals surface area contributed by atoms with Gasteiger partial charge in [-0.1, -0.05) is 6.07 Å². The molecule has 0 radical (unpaired) electrons. The molecule has 2 nitrogen and oxygen atoms in total. The molecular weight excluding hydrogens is 208 g/mol. The first-order valence-electron chi connectivity index (χ1n) is 5.16. The first kappa shape index (κ1) is 12.4. The highest BCUT2D eigenvalue weighted by atomic mass is 32.2. The number of rotatable bonds is 6. The smallest absolute Gasteiger partial charge is 0.132 e. The van der Waals surface area contributed by atoms with Crippen molar-refractivity contribution in [2.24, 2.45) is 0 Å². The van der Waals surface area contributed by atoms with Crippen LogP contribution in [0.2, 0.25) is 0 Å². The fourth-order valence-corrected chi connectivity index (χ4v) is 2.42. The average molecular weight is 226 g/mol. The van der Waals surface area contributed by atoms with Crippen LogP contribution in [0.3, 0.4) is 0 Å². The predicted octanol–water partition coefficient (Wildman–Crippen LogP) is 2.87. The van der Waals surface area contributed by atoms with Crippen molar-refractivity contribution in [3.05, 3.63) is 23.8 Å². The van der Waals surface area contributed by atoms with E-state index < -0.39 is 0 Å². The van der Waals surface area contributed by atoms with Crippen LogP contribution in [0.4, 0.5) is 0 Å². The minimum atomic E-state index is 0.283. The van der Waals surface area contributed by atoms with E-state index >= 15 is 0 Å². The number of benzene rings is 1. The van der Waals surface area contributed by atoms with Crippen LogP contribution in [0.15, 0.2) is 23.1 Å². The lowest BCUT2D eigenvalue weighted by molar-refractivity contribution is 0.287. The summed E-state index contributed by atoms with van der Waals surface area (Å²) >= 11 is 1.79. The highest BCUT2D eigenvalue weighted by molar-refractivity contribution is 7.99. The molecule has 0 aliphatic carbocycles. The molecule has 0 amide bonds. The Kier molecular flexibility index (Phi) is 5.58. The van der Waals surface area contributed by atoms with E-state index in [1.165, 1.54) is 10.5 Å². The van der Waals surface area contributed by atoms with Crippen molar-refractivity contribution in [2.75, 3.05) is 19.5 Å². The number of aryl methyl sites for hydroxylation is 1. The molecule has 0 unspecified atom stereocenters. The lowest BCUT2D eigenvalue weighted by Gasteiger charge is -2.08. The zero-order chi connectivity index (χ0) is 11.1. The van der Waals surface area contributed by atoms with Crippen LogP contribution in [-0.4, -0.2) is 24.6 Å². The van der Waals surface area contributed by atoms with Crippen LogP contribution in [0.1, 0.15) is 18.4 Å². The molecule has 1 aromatic carbocycles. The monoisotopic (exact) mass is 226 g/mol. The molecule has 0 spiro atoms. The lowest BCUT2D eigenvalue weighted by atomic mass is 10.2. The van der Waals surface area contributed by atoms with Crippen LogP contribution >= 0.6 is 11.8 Å². The maximum atomic E-state index is 8.67. The van der Waals surface area contributed by atoms with Gasteiger partial charge in [-0.25, -0.2) is 0 Å². The molecule has 1 N–H and O–H groups in total. The number of hydrogen-bond donors (Lipinski definition) is 1. The number of thioether (sulfide) groups is 1. The second-order valence-electron chi connectivity index (χ2n) is 3.43. The van der Waals surface area contributed by atoms with Crippen LogP contribution < -0.4 is 4.74 Å². The maximum absolute atomic E-state index is 8.67. The third kappa shape index (κ3) is 4.14. The van der Waals surface area contributed by atoms with Crippen molar-refractivity contribution in [2.45, 2.75) is 24.7 Å². The topological polar surface area (TPSA) is 29.5 Å². The molecule has 0 fully saturated rings. The van der Waals surface area contributed by atoms with Crippen LogP contribution in [-0.2, 0) is 0 Å². The van der Waals surface area contributed by atoms with E-state index in [0.717, 1.165) is 24.3 Å². The average Bonchev–Trinajstić information content (AvgIpc) is 2.25. The summed E-state index contributed by atoms with van der Waals surface area (Å²) in [4.78, 5) is 1.19. The summed E-state index contributed by atoms with van der Waals surface area (Å²) in [6, 6.07) is 6.20. The van der Waals surface area contributed by atoms with Gasteiger partial charge in [0.2, 0.25) is 0 Å². The lowest BCUT2D eigenvalue weighted by Crippen LogP contribution is -1.89. The van der Waals surface area contributed by atoms with E-state index in [9.17, 15) is 0 Å². The molecule has 0 bridgehead atoms. The van der Waals surface area contributed by atoms with Crippen LogP contribution in [0, 0.1) is 6.92 Å². The van der Waals surface area contributed by atoms with Gasteiger partial charge in [0.15, 0.2) is 0 Å². The Bertz CT molecular complexity index is 300. The van der Waals surface area contributed by atoms with Gasteiger partial charge in [0.05, 0.1) is 7.11 Å². The Morgan fingerprint density at radius 2 is 2.13 bits per heavy atom. The van der Waals surface area contributed by atoms with Gasteiger partial charge in [-0.3, -0.25) is 0 Å². The molecule has 0 aliphatic rings. The van der Waals surface area contributed by atoms with Gasteiger partial charge in [0, 0.05) is 11.5 Å². The molecule has 0 aromatic heterocycles. The van der Waals surface area contributed by atoms with Crippen molar-refractivity contribution >= 4 is 11.8 Å². The van der Waals surface area contributed by atoms with Crippen LogP contribution in [0.25, 0.3) is 0 Å². The van der Waals surface area contributed by atoms with Crippen molar-refractivity contribution in [3.63, 3.8) is 0 Å². The number of hydrogen-bond acceptors (Lipinski definition) is 3. The fraction of sp³-hybridized carbons (Fsp3) is 0.500. The summed E-state index contributed by atoms with van der Waals surface area (Å²) in [6.45, 7) is 2.36. The van der Waals surface area contributed by atoms with Gasteiger partial charge < -0.3 is 9.84 Å². The van der Waals surface area contributed by atoms with Gasteiger partial charge >= 0.3 is 0 Å². The summed E-state index contributed by atoms with van der Waals surface area (Å²) in [6.07, 6.45) is 1.92. The van der Waals surface area contributed by atoms with E-state index in [0.29, 0.717) is 0 Å². The van der Waals surface area contributed by atoms with Crippen molar-refractivity contribution < 1.29 is 9.84 Å². The highest BCUT2D eigenvalue weighted by Gasteiger charge is 2.03. The SMILES string of the molecule is COc1ccc(C)cc1SCCCCO. The van der Waals surface area contributed by atoms with E-state index in [2.05, 4.69) is 19.1 Å². The third-order valence-electron chi connectivity index (χ3n) is 2.13. The molecular formula is C12H18O2S. The molecule has 0 aliphatic heterocycles.